The number of benzene rings is 1. The molecule has 0 aliphatic carbocycles. The number of anilines is 1. The Balaban J connectivity index is 1.80. The number of imidazole rings is 1. The number of carbonyl (C=O) groups excluding carboxylic acids is 1. The standard InChI is InChI=1S/C13H16N4O2/c1-8-11(14-5-6-19-8)13(18)17-10-4-2-3-9-12(10)16-7-15-9/h2-4,7-8,11,14H,5-6H2,1H3,(H,15,16)(H,17,18)/t8-,11+/m1/s1. The minimum Gasteiger partial charge on any atom is -0.375 e. The van der Waals surface area contributed by atoms with E-state index >= 15 is 0 Å². The first-order chi connectivity index (χ1) is 9.25. The Kier molecular flexibility index (Phi) is 3.18. The van der Waals surface area contributed by atoms with E-state index < -0.39 is 0 Å². The van der Waals surface area contributed by atoms with Crippen molar-refractivity contribution in [3.8, 4) is 0 Å². The van der Waals surface area contributed by atoms with Gasteiger partial charge in [-0.25, -0.2) is 4.98 Å². The van der Waals surface area contributed by atoms with E-state index in [9.17, 15) is 4.79 Å². The van der Waals surface area contributed by atoms with E-state index in [4.69, 9.17) is 4.74 Å². The van der Waals surface area contributed by atoms with Crippen LogP contribution >= 0.6 is 0 Å². The van der Waals surface area contributed by atoms with Crippen molar-refractivity contribution in [1.82, 2.24) is 15.3 Å². The molecule has 6 nitrogen and oxygen atoms in total. The van der Waals surface area contributed by atoms with Crippen molar-refractivity contribution in [2.24, 2.45) is 0 Å². The van der Waals surface area contributed by atoms with Gasteiger partial charge in [0.05, 0.1) is 30.2 Å². The zero-order valence-electron chi connectivity index (χ0n) is 10.6. The molecule has 2 aromatic rings. The minimum atomic E-state index is -0.331. The smallest absolute Gasteiger partial charge is 0.244 e. The van der Waals surface area contributed by atoms with Crippen LogP contribution in [0.2, 0.25) is 0 Å². The fourth-order valence-electron chi connectivity index (χ4n) is 2.30. The third kappa shape index (κ3) is 2.32. The van der Waals surface area contributed by atoms with E-state index in [0.717, 1.165) is 11.0 Å². The number of morpholine rings is 1. The molecular formula is C13H16N4O2. The van der Waals surface area contributed by atoms with Crippen LogP contribution in [-0.2, 0) is 9.53 Å². The van der Waals surface area contributed by atoms with Gasteiger partial charge in [0.15, 0.2) is 0 Å². The number of ether oxygens (including phenoxy) is 1. The summed E-state index contributed by atoms with van der Waals surface area (Å²) in [7, 11) is 0. The van der Waals surface area contributed by atoms with Gasteiger partial charge in [-0.1, -0.05) is 6.07 Å². The van der Waals surface area contributed by atoms with E-state index in [1.165, 1.54) is 0 Å². The lowest BCUT2D eigenvalue weighted by atomic mass is 10.1. The van der Waals surface area contributed by atoms with Gasteiger partial charge in [0.1, 0.15) is 11.6 Å². The lowest BCUT2D eigenvalue weighted by Crippen LogP contribution is -2.53. The highest BCUT2D eigenvalue weighted by Crippen LogP contribution is 2.20. The van der Waals surface area contributed by atoms with E-state index in [2.05, 4.69) is 20.6 Å². The second-order valence-corrected chi connectivity index (χ2v) is 4.60. The summed E-state index contributed by atoms with van der Waals surface area (Å²) >= 11 is 0. The molecule has 1 amide bonds. The number of carbonyl (C=O) groups is 1. The third-order valence-electron chi connectivity index (χ3n) is 3.31. The highest BCUT2D eigenvalue weighted by atomic mass is 16.5. The zero-order chi connectivity index (χ0) is 13.2. The molecule has 1 aromatic heterocycles. The molecule has 0 bridgehead atoms. The molecule has 0 unspecified atom stereocenters. The predicted octanol–water partition coefficient (Wildman–Crippen LogP) is 0.878. The molecular weight excluding hydrogens is 244 g/mol. The number of fused-ring (bicyclic) bond motifs is 1. The molecule has 0 saturated carbocycles. The average Bonchev–Trinajstić information content (AvgIpc) is 2.88. The Labute approximate surface area is 110 Å². The number of aromatic amines is 1. The maximum atomic E-state index is 12.3. The minimum absolute atomic E-state index is 0.0947. The molecule has 1 aliphatic rings. The van der Waals surface area contributed by atoms with E-state index in [-0.39, 0.29) is 18.1 Å². The largest absolute Gasteiger partial charge is 0.375 e. The van der Waals surface area contributed by atoms with Gasteiger partial charge in [0.2, 0.25) is 5.91 Å². The summed E-state index contributed by atoms with van der Waals surface area (Å²) in [5, 5.41) is 6.07. The second kappa shape index (κ2) is 4.99. The highest BCUT2D eigenvalue weighted by molar-refractivity contribution is 6.01. The van der Waals surface area contributed by atoms with Crippen LogP contribution in [0.4, 0.5) is 5.69 Å². The summed E-state index contributed by atoms with van der Waals surface area (Å²) in [4.78, 5) is 19.5. The summed E-state index contributed by atoms with van der Waals surface area (Å²) in [5.41, 5.74) is 2.38. The fraction of sp³-hybridized carbons (Fsp3) is 0.385. The highest BCUT2D eigenvalue weighted by Gasteiger charge is 2.28. The van der Waals surface area contributed by atoms with Crippen molar-refractivity contribution in [3.05, 3.63) is 24.5 Å². The number of amides is 1. The van der Waals surface area contributed by atoms with Crippen molar-refractivity contribution < 1.29 is 9.53 Å². The summed E-state index contributed by atoms with van der Waals surface area (Å²) in [6, 6.07) is 5.31. The summed E-state index contributed by atoms with van der Waals surface area (Å²) in [5.74, 6) is -0.0947. The van der Waals surface area contributed by atoms with Crippen LogP contribution in [0.1, 0.15) is 6.92 Å². The topological polar surface area (TPSA) is 79.0 Å². The molecule has 100 valence electrons. The second-order valence-electron chi connectivity index (χ2n) is 4.60. The molecule has 1 aliphatic heterocycles. The SMILES string of the molecule is C[C@H]1OCCN[C@@H]1C(=O)Nc1cccc2[nH]cnc12. The van der Waals surface area contributed by atoms with Crippen molar-refractivity contribution in [2.75, 3.05) is 18.5 Å². The number of hydrogen-bond donors (Lipinski definition) is 3. The molecule has 3 rings (SSSR count). The first-order valence-corrected chi connectivity index (χ1v) is 6.33. The Hall–Kier alpha value is -1.92. The number of nitrogens with one attached hydrogen (secondary N) is 3. The van der Waals surface area contributed by atoms with Crippen LogP contribution in [0.5, 0.6) is 0 Å². The molecule has 2 heterocycles. The van der Waals surface area contributed by atoms with Crippen LogP contribution in [0.15, 0.2) is 24.5 Å². The predicted molar refractivity (Wildman–Crippen MR) is 71.9 cm³/mol. The van der Waals surface area contributed by atoms with Crippen molar-refractivity contribution in [3.63, 3.8) is 0 Å². The number of H-pyrrole nitrogens is 1. The molecule has 0 spiro atoms. The molecule has 0 radical (unpaired) electrons. The number of para-hydroxylation sites is 1. The molecule has 1 saturated heterocycles. The molecule has 1 aromatic carbocycles. The maximum Gasteiger partial charge on any atom is 0.244 e. The monoisotopic (exact) mass is 260 g/mol. The number of aromatic nitrogens is 2. The van der Waals surface area contributed by atoms with Crippen LogP contribution in [0.25, 0.3) is 11.0 Å². The van der Waals surface area contributed by atoms with Gasteiger partial charge in [-0.05, 0) is 19.1 Å². The third-order valence-corrected chi connectivity index (χ3v) is 3.31. The number of hydrogen-bond acceptors (Lipinski definition) is 4. The van der Waals surface area contributed by atoms with Crippen LogP contribution in [-0.4, -0.2) is 41.2 Å². The van der Waals surface area contributed by atoms with Gasteiger partial charge < -0.3 is 20.4 Å². The van der Waals surface area contributed by atoms with Crippen molar-refractivity contribution in [2.45, 2.75) is 19.1 Å². The van der Waals surface area contributed by atoms with Crippen LogP contribution in [0.3, 0.4) is 0 Å². The van der Waals surface area contributed by atoms with Gasteiger partial charge in [0, 0.05) is 6.54 Å². The summed E-state index contributed by atoms with van der Waals surface area (Å²) < 4.78 is 5.48. The molecule has 6 heteroatoms. The van der Waals surface area contributed by atoms with Gasteiger partial charge in [-0.3, -0.25) is 4.79 Å². The lowest BCUT2D eigenvalue weighted by molar-refractivity contribution is -0.123. The van der Waals surface area contributed by atoms with Gasteiger partial charge >= 0.3 is 0 Å². The molecule has 19 heavy (non-hydrogen) atoms. The fourth-order valence-corrected chi connectivity index (χ4v) is 2.30. The van der Waals surface area contributed by atoms with Crippen molar-refractivity contribution >= 4 is 22.6 Å². The maximum absolute atomic E-state index is 12.3. The Bertz CT molecular complexity index is 595. The van der Waals surface area contributed by atoms with Gasteiger partial charge in [0.25, 0.3) is 0 Å². The molecule has 2 atom stereocenters. The summed E-state index contributed by atoms with van der Waals surface area (Å²) in [6.07, 6.45) is 1.48. The van der Waals surface area contributed by atoms with Crippen molar-refractivity contribution in [1.29, 1.82) is 0 Å². The Morgan fingerprint density at radius 3 is 3.26 bits per heavy atom. The van der Waals surface area contributed by atoms with Crippen LogP contribution in [0, 0.1) is 0 Å². The molecule has 3 N–H and O–H groups in total. The number of rotatable bonds is 2. The lowest BCUT2D eigenvalue weighted by Gasteiger charge is -2.29. The quantitative estimate of drug-likeness (QED) is 0.749. The van der Waals surface area contributed by atoms with Gasteiger partial charge in [-0.2, -0.15) is 0 Å². The first kappa shape index (κ1) is 12.1. The van der Waals surface area contributed by atoms with E-state index in [1.807, 2.05) is 25.1 Å². The zero-order valence-corrected chi connectivity index (χ0v) is 10.6. The normalized spacial score (nSPS) is 23.4. The van der Waals surface area contributed by atoms with Crippen LogP contribution < -0.4 is 10.6 Å². The van der Waals surface area contributed by atoms with Gasteiger partial charge in [-0.15, -0.1) is 0 Å². The Morgan fingerprint density at radius 1 is 1.53 bits per heavy atom. The molecule has 1 fully saturated rings. The first-order valence-electron chi connectivity index (χ1n) is 6.33. The number of nitrogens with zero attached hydrogens (tertiary/aromatic N) is 1. The Morgan fingerprint density at radius 2 is 2.42 bits per heavy atom. The van der Waals surface area contributed by atoms with E-state index in [0.29, 0.717) is 18.8 Å². The average molecular weight is 260 g/mol. The summed E-state index contributed by atoms with van der Waals surface area (Å²) in [6.45, 7) is 3.22. The van der Waals surface area contributed by atoms with E-state index in [1.54, 1.807) is 6.33 Å².